The summed E-state index contributed by atoms with van der Waals surface area (Å²) in [6.07, 6.45) is 6.25. The highest BCUT2D eigenvalue weighted by molar-refractivity contribution is 5.32. The van der Waals surface area contributed by atoms with Crippen LogP contribution in [0.4, 0.5) is 4.39 Å². The molecule has 2 nitrogen and oxygen atoms in total. The Balaban J connectivity index is 1.96. The summed E-state index contributed by atoms with van der Waals surface area (Å²) < 4.78 is 13.8. The molecule has 0 bridgehead atoms. The van der Waals surface area contributed by atoms with Crippen LogP contribution in [-0.2, 0) is 6.54 Å². The van der Waals surface area contributed by atoms with E-state index in [1.165, 1.54) is 38.2 Å². The van der Waals surface area contributed by atoms with Crippen LogP contribution in [0.1, 0.15) is 50.2 Å². The van der Waals surface area contributed by atoms with E-state index in [2.05, 4.69) is 12.2 Å². The molecule has 1 aromatic carbocycles. The minimum atomic E-state index is -0.282. The zero-order valence-corrected chi connectivity index (χ0v) is 11.5. The Hall–Kier alpha value is -1.40. The van der Waals surface area contributed by atoms with Crippen LogP contribution in [0, 0.1) is 23.1 Å². The van der Waals surface area contributed by atoms with E-state index in [9.17, 15) is 4.39 Å². The molecule has 0 spiro atoms. The molecule has 0 aromatic heterocycles. The summed E-state index contributed by atoms with van der Waals surface area (Å²) in [5.74, 6) is 0.436. The van der Waals surface area contributed by atoms with Gasteiger partial charge in [0.15, 0.2) is 0 Å². The van der Waals surface area contributed by atoms with Gasteiger partial charge in [-0.2, -0.15) is 5.26 Å². The predicted octanol–water partition coefficient (Wildman–Crippen LogP) is 3.76. The topological polar surface area (TPSA) is 35.8 Å². The van der Waals surface area contributed by atoms with Crippen molar-refractivity contribution in [2.24, 2.45) is 5.92 Å². The highest BCUT2D eigenvalue weighted by Crippen LogP contribution is 2.27. The lowest BCUT2D eigenvalue weighted by atomic mass is 9.83. The molecule has 1 aliphatic rings. The minimum Gasteiger partial charge on any atom is -0.310 e. The lowest BCUT2D eigenvalue weighted by Crippen LogP contribution is -2.38. The molecule has 0 amide bonds. The monoisotopic (exact) mass is 260 g/mol. The van der Waals surface area contributed by atoms with Crippen LogP contribution in [0.5, 0.6) is 0 Å². The van der Waals surface area contributed by atoms with Gasteiger partial charge in [0, 0.05) is 18.2 Å². The first kappa shape index (κ1) is 14.0. The van der Waals surface area contributed by atoms with Crippen molar-refractivity contribution in [2.75, 3.05) is 0 Å². The molecule has 0 heterocycles. The molecular formula is C16H21FN2. The second-order valence-electron chi connectivity index (χ2n) is 5.36. The van der Waals surface area contributed by atoms with Gasteiger partial charge in [0.05, 0.1) is 11.6 Å². The van der Waals surface area contributed by atoms with Gasteiger partial charge in [-0.25, -0.2) is 4.39 Å². The summed E-state index contributed by atoms with van der Waals surface area (Å²) in [5, 5.41) is 12.2. The van der Waals surface area contributed by atoms with Crippen molar-refractivity contribution in [3.05, 3.63) is 35.1 Å². The van der Waals surface area contributed by atoms with Crippen molar-refractivity contribution in [3.8, 4) is 6.07 Å². The molecule has 2 rings (SSSR count). The van der Waals surface area contributed by atoms with Gasteiger partial charge in [-0.05, 0) is 30.9 Å². The molecule has 102 valence electrons. The largest absolute Gasteiger partial charge is 0.310 e. The molecule has 1 aromatic rings. The van der Waals surface area contributed by atoms with Crippen molar-refractivity contribution in [3.63, 3.8) is 0 Å². The molecule has 0 aliphatic heterocycles. The number of nitriles is 1. The number of nitrogens with one attached hydrogen (secondary N) is 1. The highest BCUT2D eigenvalue weighted by atomic mass is 19.1. The molecule has 1 fully saturated rings. The first-order valence-corrected chi connectivity index (χ1v) is 7.16. The average molecular weight is 260 g/mol. The van der Waals surface area contributed by atoms with E-state index >= 15 is 0 Å². The Morgan fingerprint density at radius 2 is 2.16 bits per heavy atom. The fraction of sp³-hybridized carbons (Fsp3) is 0.562. The number of benzene rings is 1. The smallest absolute Gasteiger partial charge is 0.129 e. The molecule has 3 heteroatoms. The zero-order chi connectivity index (χ0) is 13.7. The van der Waals surface area contributed by atoms with E-state index in [1.54, 1.807) is 12.1 Å². The van der Waals surface area contributed by atoms with Crippen molar-refractivity contribution in [2.45, 2.75) is 51.6 Å². The molecule has 2 atom stereocenters. The second kappa shape index (κ2) is 6.68. The summed E-state index contributed by atoms with van der Waals surface area (Å²) >= 11 is 0. The quantitative estimate of drug-likeness (QED) is 0.894. The summed E-state index contributed by atoms with van der Waals surface area (Å²) in [4.78, 5) is 0. The van der Waals surface area contributed by atoms with Gasteiger partial charge < -0.3 is 5.32 Å². The van der Waals surface area contributed by atoms with Gasteiger partial charge in [0.2, 0.25) is 0 Å². The average Bonchev–Trinajstić information content (AvgIpc) is 2.46. The van der Waals surface area contributed by atoms with Gasteiger partial charge in [-0.1, -0.05) is 32.3 Å². The Morgan fingerprint density at radius 1 is 1.37 bits per heavy atom. The van der Waals surface area contributed by atoms with E-state index in [0.717, 1.165) is 5.92 Å². The van der Waals surface area contributed by atoms with Crippen LogP contribution >= 0.6 is 0 Å². The first-order valence-electron chi connectivity index (χ1n) is 7.16. The fourth-order valence-corrected chi connectivity index (χ4v) is 2.97. The van der Waals surface area contributed by atoms with E-state index in [0.29, 0.717) is 23.7 Å². The third-order valence-corrected chi connectivity index (χ3v) is 4.17. The van der Waals surface area contributed by atoms with Crippen molar-refractivity contribution in [1.82, 2.24) is 5.32 Å². The van der Waals surface area contributed by atoms with Gasteiger partial charge in [-0.3, -0.25) is 0 Å². The van der Waals surface area contributed by atoms with Gasteiger partial charge >= 0.3 is 0 Å². The number of rotatable bonds is 4. The van der Waals surface area contributed by atoms with E-state index in [4.69, 9.17) is 5.26 Å². The molecule has 0 saturated heterocycles. The number of hydrogen-bond donors (Lipinski definition) is 1. The lowest BCUT2D eigenvalue weighted by Gasteiger charge is -2.31. The Kier molecular flexibility index (Phi) is 4.93. The Morgan fingerprint density at radius 3 is 2.84 bits per heavy atom. The summed E-state index contributed by atoms with van der Waals surface area (Å²) in [5.41, 5.74) is 1.03. The zero-order valence-electron chi connectivity index (χ0n) is 11.5. The van der Waals surface area contributed by atoms with Gasteiger partial charge in [-0.15, -0.1) is 0 Å². The normalized spacial score (nSPS) is 23.0. The van der Waals surface area contributed by atoms with Crippen molar-refractivity contribution in [1.29, 1.82) is 5.26 Å². The number of hydrogen-bond acceptors (Lipinski definition) is 2. The van der Waals surface area contributed by atoms with Crippen molar-refractivity contribution >= 4 is 0 Å². The standard InChI is InChI=1S/C16H21FN2/c1-2-13-5-3-4-6-16(13)19-11-14-8-7-12(10-18)9-15(14)17/h7-9,13,16,19H,2-6,11H2,1H3. The molecule has 2 unspecified atom stereocenters. The maximum absolute atomic E-state index is 13.8. The third kappa shape index (κ3) is 3.54. The Bertz CT molecular complexity index is 464. The maximum atomic E-state index is 13.8. The fourth-order valence-electron chi connectivity index (χ4n) is 2.97. The number of nitrogens with zero attached hydrogens (tertiary/aromatic N) is 1. The first-order chi connectivity index (χ1) is 9.24. The molecule has 1 aliphatic carbocycles. The second-order valence-corrected chi connectivity index (χ2v) is 5.36. The molecule has 1 N–H and O–H groups in total. The molecule has 0 radical (unpaired) electrons. The van der Waals surface area contributed by atoms with E-state index in [-0.39, 0.29) is 5.82 Å². The SMILES string of the molecule is CCC1CCCCC1NCc1ccc(C#N)cc1F. The van der Waals surface area contributed by atoms with Gasteiger partial charge in [0.25, 0.3) is 0 Å². The van der Waals surface area contributed by atoms with E-state index < -0.39 is 0 Å². The maximum Gasteiger partial charge on any atom is 0.129 e. The van der Waals surface area contributed by atoms with E-state index in [1.807, 2.05) is 6.07 Å². The molecule has 1 saturated carbocycles. The van der Waals surface area contributed by atoms with Crippen LogP contribution in [-0.4, -0.2) is 6.04 Å². The predicted molar refractivity (Wildman–Crippen MR) is 74.0 cm³/mol. The number of halogens is 1. The van der Waals surface area contributed by atoms with Crippen LogP contribution in [0.3, 0.4) is 0 Å². The summed E-state index contributed by atoms with van der Waals surface area (Å²) in [7, 11) is 0. The van der Waals surface area contributed by atoms with Crippen LogP contribution in [0.2, 0.25) is 0 Å². The highest BCUT2D eigenvalue weighted by Gasteiger charge is 2.23. The minimum absolute atomic E-state index is 0.282. The Labute approximate surface area is 114 Å². The lowest BCUT2D eigenvalue weighted by molar-refractivity contribution is 0.253. The third-order valence-electron chi connectivity index (χ3n) is 4.17. The summed E-state index contributed by atoms with van der Waals surface area (Å²) in [6.45, 7) is 2.78. The van der Waals surface area contributed by atoms with Gasteiger partial charge in [0.1, 0.15) is 5.82 Å². The van der Waals surface area contributed by atoms with Crippen molar-refractivity contribution < 1.29 is 4.39 Å². The molecular weight excluding hydrogens is 239 g/mol. The molecule has 19 heavy (non-hydrogen) atoms. The summed E-state index contributed by atoms with van der Waals surface area (Å²) in [6, 6.07) is 7.17. The van der Waals surface area contributed by atoms with Crippen LogP contribution < -0.4 is 5.32 Å². The van der Waals surface area contributed by atoms with Crippen LogP contribution in [0.15, 0.2) is 18.2 Å². The van der Waals surface area contributed by atoms with Crippen LogP contribution in [0.25, 0.3) is 0 Å².